The van der Waals surface area contributed by atoms with Crippen molar-refractivity contribution in [3.63, 3.8) is 0 Å². The van der Waals surface area contributed by atoms with E-state index in [1.165, 1.54) is 23.7 Å². The van der Waals surface area contributed by atoms with Crippen LogP contribution in [-0.4, -0.2) is 40.6 Å². The van der Waals surface area contributed by atoms with E-state index in [0.29, 0.717) is 19.4 Å². The zero-order chi connectivity index (χ0) is 23.3. The van der Waals surface area contributed by atoms with Gasteiger partial charge in [0.1, 0.15) is 12.6 Å². The highest BCUT2D eigenvalue weighted by Crippen LogP contribution is 2.13. The number of nitro groups is 1. The summed E-state index contributed by atoms with van der Waals surface area (Å²) in [5.41, 5.74) is 2.11. The fraction of sp³-hybridized carbons (Fsp3) is 0.286. The third-order valence-corrected chi connectivity index (χ3v) is 4.45. The number of nitrogens with zero attached hydrogens (tertiary/aromatic N) is 1. The van der Waals surface area contributed by atoms with Crippen molar-refractivity contribution in [1.82, 2.24) is 16.1 Å². The molecule has 0 aliphatic rings. The molecule has 0 spiro atoms. The monoisotopic (exact) mass is 444 g/mol. The molecule has 0 saturated heterocycles. The van der Waals surface area contributed by atoms with Crippen molar-refractivity contribution in [3.8, 4) is 0 Å². The Morgan fingerprint density at radius 2 is 1.81 bits per heavy atom. The average molecular weight is 444 g/mol. The summed E-state index contributed by atoms with van der Waals surface area (Å²) in [5.74, 6) is -1.51. The van der Waals surface area contributed by atoms with Gasteiger partial charge < -0.3 is 15.4 Å². The van der Waals surface area contributed by atoms with Crippen molar-refractivity contribution in [2.75, 3.05) is 6.54 Å². The smallest absolute Gasteiger partial charge is 0.407 e. The molecule has 2 aromatic rings. The molecule has 0 fully saturated rings. The summed E-state index contributed by atoms with van der Waals surface area (Å²) in [6.45, 7) is 0.439. The van der Waals surface area contributed by atoms with E-state index in [4.69, 9.17) is 9.94 Å². The van der Waals surface area contributed by atoms with Crippen LogP contribution in [0.3, 0.4) is 0 Å². The first-order chi connectivity index (χ1) is 15.4. The van der Waals surface area contributed by atoms with Gasteiger partial charge in [0.05, 0.1) is 4.92 Å². The van der Waals surface area contributed by atoms with Crippen molar-refractivity contribution in [2.45, 2.75) is 31.9 Å². The van der Waals surface area contributed by atoms with E-state index < -0.39 is 28.9 Å². The molecule has 2 rings (SSSR count). The highest BCUT2D eigenvalue weighted by atomic mass is 16.6. The Hall–Kier alpha value is -3.99. The Balaban J connectivity index is 1.76. The number of hydrogen-bond donors (Lipinski definition) is 4. The molecular formula is C21H24N4O7. The zero-order valence-corrected chi connectivity index (χ0v) is 17.2. The van der Waals surface area contributed by atoms with Crippen LogP contribution < -0.4 is 16.1 Å². The van der Waals surface area contributed by atoms with E-state index >= 15 is 0 Å². The minimum Gasteiger partial charge on any atom is -0.445 e. The first-order valence-corrected chi connectivity index (χ1v) is 9.84. The molecule has 4 N–H and O–H groups in total. The van der Waals surface area contributed by atoms with E-state index in [0.717, 1.165) is 11.6 Å². The Morgan fingerprint density at radius 3 is 2.50 bits per heavy atom. The summed E-state index contributed by atoms with van der Waals surface area (Å²) in [6, 6.07) is 13.2. The highest BCUT2D eigenvalue weighted by Gasteiger charge is 2.21. The van der Waals surface area contributed by atoms with Crippen LogP contribution in [0.15, 0.2) is 54.6 Å². The third-order valence-electron chi connectivity index (χ3n) is 4.45. The fourth-order valence-electron chi connectivity index (χ4n) is 2.79. The van der Waals surface area contributed by atoms with Crippen molar-refractivity contribution < 1.29 is 29.3 Å². The second-order valence-electron chi connectivity index (χ2n) is 6.79. The summed E-state index contributed by atoms with van der Waals surface area (Å²) >= 11 is 0. The lowest BCUT2D eigenvalue weighted by Gasteiger charge is -2.17. The lowest BCUT2D eigenvalue weighted by Crippen LogP contribution is -2.45. The molecule has 1 atom stereocenters. The highest BCUT2D eigenvalue weighted by molar-refractivity contribution is 5.97. The van der Waals surface area contributed by atoms with Gasteiger partial charge in [0.2, 0.25) is 0 Å². The van der Waals surface area contributed by atoms with Crippen molar-refractivity contribution in [1.29, 1.82) is 0 Å². The van der Waals surface area contributed by atoms with Gasteiger partial charge >= 0.3 is 6.09 Å². The van der Waals surface area contributed by atoms with Crippen molar-refractivity contribution in [2.24, 2.45) is 0 Å². The van der Waals surface area contributed by atoms with Crippen LogP contribution >= 0.6 is 0 Å². The summed E-state index contributed by atoms with van der Waals surface area (Å²) in [5, 5.41) is 24.8. The lowest BCUT2D eigenvalue weighted by atomic mass is 10.1. The molecule has 3 amide bonds. The molecule has 0 aliphatic heterocycles. The standard InChI is InChI=1S/C21H24N4O7/c26-19(16-9-6-10-17(13-16)25(30)31)23-18(20(27)24-29)11-4-5-12-22-21(28)32-14-15-7-2-1-3-8-15/h1-3,6-10,13,18,29H,4-5,11-12,14H2,(H,22,28)(H,23,26)(H,24,27)/t18-/m0/s1. The fourth-order valence-corrected chi connectivity index (χ4v) is 2.79. The number of ether oxygens (including phenoxy) is 1. The molecule has 0 heterocycles. The zero-order valence-electron chi connectivity index (χ0n) is 17.2. The first-order valence-electron chi connectivity index (χ1n) is 9.84. The minimum absolute atomic E-state index is 0.0118. The number of nitrogens with one attached hydrogen (secondary N) is 3. The van der Waals surface area contributed by atoms with Crippen LogP contribution in [0.5, 0.6) is 0 Å². The molecular weight excluding hydrogens is 420 g/mol. The molecule has 0 radical (unpaired) electrons. The Bertz CT molecular complexity index is 937. The first kappa shape index (κ1) is 24.3. The summed E-state index contributed by atoms with van der Waals surface area (Å²) < 4.78 is 5.09. The number of carbonyl (C=O) groups excluding carboxylic acids is 3. The van der Waals surface area contributed by atoms with Crippen LogP contribution in [0.25, 0.3) is 0 Å². The number of hydroxylamine groups is 1. The van der Waals surface area contributed by atoms with Crippen LogP contribution in [0, 0.1) is 10.1 Å². The molecule has 2 aromatic carbocycles. The van der Waals surface area contributed by atoms with Gasteiger partial charge in [0.15, 0.2) is 0 Å². The topological polar surface area (TPSA) is 160 Å². The summed E-state index contributed by atoms with van der Waals surface area (Å²) in [6.07, 6.45) is 0.528. The van der Waals surface area contributed by atoms with Gasteiger partial charge in [0, 0.05) is 24.2 Å². The van der Waals surface area contributed by atoms with E-state index in [-0.39, 0.29) is 24.3 Å². The third kappa shape index (κ3) is 8.03. The minimum atomic E-state index is -1.06. The molecule has 0 aliphatic carbocycles. The number of hydrogen-bond acceptors (Lipinski definition) is 7. The molecule has 0 aromatic heterocycles. The van der Waals surface area contributed by atoms with Gasteiger partial charge in [-0.15, -0.1) is 0 Å². The Morgan fingerprint density at radius 1 is 1.06 bits per heavy atom. The van der Waals surface area contributed by atoms with Crippen molar-refractivity contribution >= 4 is 23.6 Å². The summed E-state index contributed by atoms with van der Waals surface area (Å²) in [7, 11) is 0. The molecule has 0 bridgehead atoms. The van der Waals surface area contributed by atoms with Gasteiger partial charge in [-0.1, -0.05) is 36.4 Å². The SMILES string of the molecule is O=C(NCCCC[C@H](NC(=O)c1cccc([N+](=O)[O-])c1)C(=O)NO)OCc1ccccc1. The second-order valence-corrected chi connectivity index (χ2v) is 6.79. The number of alkyl carbamates (subject to hydrolysis) is 1. The average Bonchev–Trinajstić information content (AvgIpc) is 2.81. The van der Waals surface area contributed by atoms with E-state index in [2.05, 4.69) is 10.6 Å². The maximum Gasteiger partial charge on any atom is 0.407 e. The van der Waals surface area contributed by atoms with E-state index in [1.807, 2.05) is 30.3 Å². The Kier molecular flexibility index (Phi) is 9.60. The molecule has 170 valence electrons. The quantitative estimate of drug-likeness (QED) is 0.179. The normalized spacial score (nSPS) is 11.2. The molecule has 0 saturated carbocycles. The van der Waals surface area contributed by atoms with Gasteiger partial charge in [-0.3, -0.25) is 24.9 Å². The molecule has 0 unspecified atom stereocenters. The van der Waals surface area contributed by atoms with Gasteiger partial charge in [-0.05, 0) is 30.9 Å². The molecule has 11 nitrogen and oxygen atoms in total. The Labute approximate surface area is 183 Å². The number of nitro benzene ring substituents is 1. The van der Waals surface area contributed by atoms with Crippen LogP contribution in [-0.2, 0) is 16.1 Å². The van der Waals surface area contributed by atoms with Crippen molar-refractivity contribution in [3.05, 3.63) is 75.8 Å². The van der Waals surface area contributed by atoms with Crippen LogP contribution in [0.4, 0.5) is 10.5 Å². The number of non-ortho nitro benzene ring substituents is 1. The number of carbonyl (C=O) groups is 3. The van der Waals surface area contributed by atoms with E-state index in [1.54, 1.807) is 0 Å². The maximum absolute atomic E-state index is 12.3. The van der Waals surface area contributed by atoms with Gasteiger partial charge in [-0.25, -0.2) is 10.3 Å². The van der Waals surface area contributed by atoms with Crippen LogP contribution in [0.2, 0.25) is 0 Å². The maximum atomic E-state index is 12.3. The number of unbranched alkanes of at least 4 members (excludes halogenated alkanes) is 1. The summed E-state index contributed by atoms with van der Waals surface area (Å²) in [4.78, 5) is 46.2. The number of rotatable bonds is 11. The van der Waals surface area contributed by atoms with Gasteiger partial charge in [-0.2, -0.15) is 0 Å². The number of amides is 3. The predicted octanol–water partition coefficient (Wildman–Crippen LogP) is 2.30. The number of benzene rings is 2. The predicted molar refractivity (Wildman–Crippen MR) is 113 cm³/mol. The second kappa shape index (κ2) is 12.6. The van der Waals surface area contributed by atoms with Gasteiger partial charge in [0.25, 0.3) is 17.5 Å². The van der Waals surface area contributed by atoms with E-state index in [9.17, 15) is 24.5 Å². The van der Waals surface area contributed by atoms with Crippen LogP contribution in [0.1, 0.15) is 35.2 Å². The largest absolute Gasteiger partial charge is 0.445 e. The molecule has 32 heavy (non-hydrogen) atoms. The molecule has 11 heteroatoms. The lowest BCUT2D eigenvalue weighted by molar-refractivity contribution is -0.384.